The molecule has 3 N–H and O–H groups in total. The van der Waals surface area contributed by atoms with Crippen molar-refractivity contribution in [2.75, 3.05) is 19.7 Å². The molecule has 0 spiro atoms. The molecule has 7 nitrogen and oxygen atoms in total. The molecule has 0 atom stereocenters. The van der Waals surface area contributed by atoms with E-state index in [1.54, 1.807) is 4.90 Å². The molecule has 7 heteroatoms. The molecule has 0 unspecified atom stereocenters. The van der Waals surface area contributed by atoms with E-state index in [-0.39, 0.29) is 18.4 Å². The van der Waals surface area contributed by atoms with Crippen LogP contribution < -0.4 is 10.5 Å². The fraction of sp³-hybridized carbons (Fsp3) is 0.591. The minimum atomic E-state index is -0.829. The molecule has 0 radical (unpaired) electrons. The van der Waals surface area contributed by atoms with Gasteiger partial charge in [-0.15, -0.1) is 0 Å². The van der Waals surface area contributed by atoms with Gasteiger partial charge in [0.1, 0.15) is 11.6 Å². The standard InChI is InChI=1S/C22H33N3O4/c1-15(2)21(23)24-22(28)25-10-8-17(9-11-25)5-4-12-29-19-7-6-18(14-20(26)27)16(3)13-19/h6-7,13,15,17H,4-5,8-12,14H2,1-3H3,(H,26,27)(H2,23,24,28). The van der Waals surface area contributed by atoms with Gasteiger partial charge in [0.2, 0.25) is 0 Å². The van der Waals surface area contributed by atoms with Crippen LogP contribution in [-0.2, 0) is 11.2 Å². The second-order valence-corrected chi connectivity index (χ2v) is 8.05. The summed E-state index contributed by atoms with van der Waals surface area (Å²) in [7, 11) is 0. The highest BCUT2D eigenvalue weighted by molar-refractivity contribution is 5.93. The van der Waals surface area contributed by atoms with E-state index in [9.17, 15) is 9.59 Å². The number of rotatable bonds is 8. The lowest BCUT2D eigenvalue weighted by Gasteiger charge is -2.30. The summed E-state index contributed by atoms with van der Waals surface area (Å²) in [5.41, 5.74) is 7.53. The van der Waals surface area contributed by atoms with Gasteiger partial charge in [-0.3, -0.25) is 4.79 Å². The second-order valence-electron chi connectivity index (χ2n) is 8.05. The number of hydrogen-bond acceptors (Lipinski definition) is 3. The predicted molar refractivity (Wildman–Crippen MR) is 113 cm³/mol. The minimum Gasteiger partial charge on any atom is -0.494 e. The average molecular weight is 404 g/mol. The molecule has 2 amide bonds. The van der Waals surface area contributed by atoms with Crippen molar-refractivity contribution < 1.29 is 19.4 Å². The van der Waals surface area contributed by atoms with Gasteiger partial charge in [-0.2, -0.15) is 4.99 Å². The third-order valence-electron chi connectivity index (χ3n) is 5.38. The van der Waals surface area contributed by atoms with Crippen LogP contribution in [0, 0.1) is 18.8 Å². The fourth-order valence-electron chi connectivity index (χ4n) is 3.40. The lowest BCUT2D eigenvalue weighted by atomic mass is 9.92. The molecule has 0 aromatic heterocycles. The van der Waals surface area contributed by atoms with E-state index < -0.39 is 5.97 Å². The summed E-state index contributed by atoms with van der Waals surface area (Å²) in [5, 5.41) is 8.90. The van der Waals surface area contributed by atoms with Crippen LogP contribution in [0.5, 0.6) is 5.75 Å². The largest absolute Gasteiger partial charge is 0.494 e. The maximum Gasteiger partial charge on any atom is 0.345 e. The Morgan fingerprint density at radius 1 is 1.31 bits per heavy atom. The number of piperidine rings is 1. The SMILES string of the molecule is Cc1cc(OCCCC2CCN(C(=O)N=C(N)C(C)C)CC2)ccc1CC(=O)O. The van der Waals surface area contributed by atoms with Crippen LogP contribution >= 0.6 is 0 Å². The number of hydrogen-bond donors (Lipinski definition) is 2. The Labute approximate surface area is 172 Å². The number of aliphatic imine (C=N–C) groups is 1. The van der Waals surface area contributed by atoms with E-state index in [0.29, 0.717) is 18.4 Å². The molecule has 0 aliphatic carbocycles. The number of amides is 2. The van der Waals surface area contributed by atoms with E-state index in [0.717, 1.165) is 55.6 Å². The highest BCUT2D eigenvalue weighted by atomic mass is 16.5. The number of carboxylic acid groups (broad SMARTS) is 1. The van der Waals surface area contributed by atoms with Crippen LogP contribution in [0.3, 0.4) is 0 Å². The molecular formula is C22H33N3O4. The first-order valence-electron chi connectivity index (χ1n) is 10.3. The Hall–Kier alpha value is -2.57. The quantitative estimate of drug-likeness (QED) is 0.392. The number of aryl methyl sites for hydroxylation is 1. The summed E-state index contributed by atoms with van der Waals surface area (Å²) in [4.78, 5) is 28.8. The number of likely N-dealkylation sites (tertiary alicyclic amines) is 1. The third-order valence-corrected chi connectivity index (χ3v) is 5.38. The maximum atomic E-state index is 12.2. The number of carboxylic acids is 1. The fourth-order valence-corrected chi connectivity index (χ4v) is 3.40. The van der Waals surface area contributed by atoms with Gasteiger partial charge < -0.3 is 20.5 Å². The average Bonchev–Trinajstić information content (AvgIpc) is 2.67. The first-order valence-corrected chi connectivity index (χ1v) is 10.3. The van der Waals surface area contributed by atoms with E-state index in [2.05, 4.69) is 4.99 Å². The monoisotopic (exact) mass is 403 g/mol. The Balaban J connectivity index is 1.68. The zero-order chi connectivity index (χ0) is 21.4. The number of benzene rings is 1. The highest BCUT2D eigenvalue weighted by Crippen LogP contribution is 2.23. The summed E-state index contributed by atoms with van der Waals surface area (Å²) in [6, 6.07) is 5.32. The molecule has 1 aromatic carbocycles. The minimum absolute atomic E-state index is 0.0304. The molecule has 1 heterocycles. The van der Waals surface area contributed by atoms with Crippen molar-refractivity contribution in [3.8, 4) is 5.75 Å². The zero-order valence-electron chi connectivity index (χ0n) is 17.7. The number of aliphatic carboxylic acids is 1. The number of nitrogens with zero attached hydrogens (tertiary/aromatic N) is 2. The van der Waals surface area contributed by atoms with E-state index in [1.807, 2.05) is 39.0 Å². The van der Waals surface area contributed by atoms with Crippen LogP contribution in [0.15, 0.2) is 23.2 Å². The Morgan fingerprint density at radius 2 is 2.00 bits per heavy atom. The molecule has 1 aromatic rings. The molecule has 2 rings (SSSR count). The molecule has 160 valence electrons. The van der Waals surface area contributed by atoms with Gasteiger partial charge in [0.05, 0.1) is 13.0 Å². The number of carbonyl (C=O) groups excluding carboxylic acids is 1. The first-order chi connectivity index (χ1) is 13.8. The van der Waals surface area contributed by atoms with Gasteiger partial charge in [-0.25, -0.2) is 4.79 Å². The summed E-state index contributed by atoms with van der Waals surface area (Å²) < 4.78 is 5.82. The normalized spacial score (nSPS) is 15.6. The molecule has 0 bridgehead atoms. The van der Waals surface area contributed by atoms with E-state index in [1.165, 1.54) is 0 Å². The van der Waals surface area contributed by atoms with Crippen LogP contribution in [0.1, 0.15) is 50.7 Å². The molecular weight excluding hydrogens is 370 g/mol. The third kappa shape index (κ3) is 7.40. The van der Waals surface area contributed by atoms with Crippen molar-refractivity contribution in [3.05, 3.63) is 29.3 Å². The van der Waals surface area contributed by atoms with Crippen LogP contribution in [-0.4, -0.2) is 47.5 Å². The molecule has 1 aliphatic rings. The number of carbonyl (C=O) groups is 2. The van der Waals surface area contributed by atoms with Crippen molar-refractivity contribution >= 4 is 17.8 Å². The van der Waals surface area contributed by atoms with Crippen LogP contribution in [0.25, 0.3) is 0 Å². The Bertz CT molecular complexity index is 738. The molecule has 1 fully saturated rings. The molecule has 1 saturated heterocycles. The summed E-state index contributed by atoms with van der Waals surface area (Å²) >= 11 is 0. The van der Waals surface area contributed by atoms with Crippen molar-refractivity contribution in [3.63, 3.8) is 0 Å². The summed E-state index contributed by atoms with van der Waals surface area (Å²) in [6.07, 6.45) is 4.00. The van der Waals surface area contributed by atoms with Crippen molar-refractivity contribution in [1.29, 1.82) is 0 Å². The lowest BCUT2D eigenvalue weighted by Crippen LogP contribution is -2.38. The number of urea groups is 1. The smallest absolute Gasteiger partial charge is 0.345 e. The predicted octanol–water partition coefficient (Wildman–Crippen LogP) is 3.63. The van der Waals surface area contributed by atoms with Crippen LogP contribution in [0.2, 0.25) is 0 Å². The number of nitrogens with two attached hydrogens (primary N) is 1. The van der Waals surface area contributed by atoms with E-state index in [4.69, 9.17) is 15.6 Å². The van der Waals surface area contributed by atoms with Crippen LogP contribution in [0.4, 0.5) is 4.79 Å². The van der Waals surface area contributed by atoms with Gasteiger partial charge >= 0.3 is 12.0 Å². The summed E-state index contributed by atoms with van der Waals surface area (Å²) in [5.74, 6) is 1.00. The Morgan fingerprint density at radius 3 is 2.59 bits per heavy atom. The Kier molecular flexibility index (Phi) is 8.49. The van der Waals surface area contributed by atoms with Crippen molar-refractivity contribution in [2.45, 2.75) is 52.9 Å². The second kappa shape index (κ2) is 10.8. The summed E-state index contributed by atoms with van der Waals surface area (Å²) in [6.45, 7) is 7.83. The lowest BCUT2D eigenvalue weighted by molar-refractivity contribution is -0.136. The van der Waals surface area contributed by atoms with Gasteiger partial charge in [0.25, 0.3) is 0 Å². The molecule has 0 saturated carbocycles. The first kappa shape index (κ1) is 22.7. The maximum absolute atomic E-state index is 12.2. The van der Waals surface area contributed by atoms with Crippen molar-refractivity contribution in [1.82, 2.24) is 4.90 Å². The molecule has 1 aliphatic heterocycles. The highest BCUT2D eigenvalue weighted by Gasteiger charge is 2.22. The number of ether oxygens (including phenoxy) is 1. The van der Waals surface area contributed by atoms with Gasteiger partial charge in [0.15, 0.2) is 0 Å². The van der Waals surface area contributed by atoms with E-state index >= 15 is 0 Å². The van der Waals surface area contributed by atoms with Gasteiger partial charge in [0, 0.05) is 19.0 Å². The number of amidine groups is 1. The van der Waals surface area contributed by atoms with Gasteiger partial charge in [-0.1, -0.05) is 19.9 Å². The van der Waals surface area contributed by atoms with Crippen molar-refractivity contribution in [2.24, 2.45) is 22.6 Å². The zero-order valence-corrected chi connectivity index (χ0v) is 17.7. The topological polar surface area (TPSA) is 105 Å². The molecule has 29 heavy (non-hydrogen) atoms. The van der Waals surface area contributed by atoms with Gasteiger partial charge in [-0.05, 0) is 61.8 Å².